The number of carbonyl (C=O) groups is 4. The molecule has 9 nitrogen and oxygen atoms in total. The van der Waals surface area contributed by atoms with E-state index in [0.717, 1.165) is 22.3 Å². The van der Waals surface area contributed by atoms with Crippen LogP contribution in [0.4, 0.5) is 4.79 Å². The van der Waals surface area contributed by atoms with Gasteiger partial charge >= 0.3 is 12.1 Å². The number of alkyl carbamates (subject to hydrolysis) is 1. The Morgan fingerprint density at radius 3 is 2.20 bits per heavy atom. The van der Waals surface area contributed by atoms with Crippen LogP contribution in [-0.2, 0) is 19.1 Å². The molecule has 1 heterocycles. The van der Waals surface area contributed by atoms with Gasteiger partial charge in [0.15, 0.2) is 0 Å². The third-order valence-electron chi connectivity index (χ3n) is 6.74. The molecule has 0 aromatic heterocycles. The van der Waals surface area contributed by atoms with Gasteiger partial charge in [-0.05, 0) is 35.6 Å². The summed E-state index contributed by atoms with van der Waals surface area (Å²) < 4.78 is 5.54. The van der Waals surface area contributed by atoms with Crippen LogP contribution in [0.25, 0.3) is 11.1 Å². The number of hydrogen-bond donors (Lipinski definition) is 2. The molecule has 2 atom stereocenters. The van der Waals surface area contributed by atoms with Crippen LogP contribution in [0.1, 0.15) is 37.3 Å². The third-order valence-corrected chi connectivity index (χ3v) is 6.74. The van der Waals surface area contributed by atoms with Crippen LogP contribution >= 0.6 is 0 Å². The number of fused-ring (bicyclic) bond motifs is 3. The first-order chi connectivity index (χ1) is 16.8. The summed E-state index contributed by atoms with van der Waals surface area (Å²) in [5.74, 6) is -2.01. The summed E-state index contributed by atoms with van der Waals surface area (Å²) >= 11 is 0. The first-order valence-corrected chi connectivity index (χ1v) is 11.7. The molecule has 2 aliphatic rings. The Hall–Kier alpha value is -3.88. The van der Waals surface area contributed by atoms with Crippen molar-refractivity contribution >= 4 is 23.9 Å². The summed E-state index contributed by atoms with van der Waals surface area (Å²) in [7, 11) is 0. The first kappa shape index (κ1) is 24.3. The Morgan fingerprint density at radius 2 is 1.66 bits per heavy atom. The average Bonchev–Trinajstić information content (AvgIpc) is 3.18. The van der Waals surface area contributed by atoms with Crippen molar-refractivity contribution in [3.63, 3.8) is 0 Å². The van der Waals surface area contributed by atoms with Crippen LogP contribution in [0.15, 0.2) is 48.5 Å². The third kappa shape index (κ3) is 4.84. The quantitative estimate of drug-likeness (QED) is 0.630. The molecule has 9 heteroatoms. The smallest absolute Gasteiger partial charge is 0.407 e. The van der Waals surface area contributed by atoms with Crippen molar-refractivity contribution in [2.24, 2.45) is 0 Å². The molecule has 0 spiro atoms. The lowest BCUT2D eigenvalue weighted by atomic mass is 9.98. The molecule has 4 rings (SSSR count). The highest BCUT2D eigenvalue weighted by atomic mass is 16.5. The molecule has 1 aliphatic heterocycles. The maximum atomic E-state index is 13.0. The summed E-state index contributed by atoms with van der Waals surface area (Å²) in [6.07, 6.45) is -0.375. The van der Waals surface area contributed by atoms with Gasteiger partial charge in [0.1, 0.15) is 18.7 Å². The van der Waals surface area contributed by atoms with Gasteiger partial charge in [-0.15, -0.1) is 0 Å². The summed E-state index contributed by atoms with van der Waals surface area (Å²) in [5, 5.41) is 11.8. The van der Waals surface area contributed by atoms with E-state index in [1.165, 1.54) is 16.7 Å². The predicted molar refractivity (Wildman–Crippen MR) is 128 cm³/mol. The number of piperazine rings is 1. The monoisotopic (exact) mass is 479 g/mol. The van der Waals surface area contributed by atoms with Crippen LogP contribution in [0.3, 0.4) is 0 Å². The number of nitrogens with zero attached hydrogens (tertiary/aromatic N) is 2. The van der Waals surface area contributed by atoms with Gasteiger partial charge in [0.25, 0.3) is 0 Å². The van der Waals surface area contributed by atoms with E-state index in [2.05, 4.69) is 17.4 Å². The first-order valence-electron chi connectivity index (χ1n) is 11.7. The van der Waals surface area contributed by atoms with Crippen molar-refractivity contribution in [2.45, 2.75) is 38.3 Å². The lowest BCUT2D eigenvalue weighted by Crippen LogP contribution is -2.59. The second kappa shape index (κ2) is 10.2. The molecule has 1 fully saturated rings. The lowest BCUT2D eigenvalue weighted by molar-refractivity contribution is -0.155. The van der Waals surface area contributed by atoms with Gasteiger partial charge in [-0.3, -0.25) is 9.59 Å². The Bertz CT molecular complexity index is 1100. The SMILES string of the molecule is CCC(NC(=O)OCC1c2ccccc2-c2ccccc21)C(=O)N1CCN(C(C)C(=O)O)C(=O)C1. The fourth-order valence-electron chi connectivity index (χ4n) is 4.76. The zero-order valence-electron chi connectivity index (χ0n) is 19.8. The van der Waals surface area contributed by atoms with Crippen LogP contribution in [0.5, 0.6) is 0 Å². The molecular formula is C26H29N3O6. The number of ether oxygens (including phenoxy) is 1. The molecule has 0 saturated carbocycles. The van der Waals surface area contributed by atoms with E-state index in [0.29, 0.717) is 6.42 Å². The summed E-state index contributed by atoms with van der Waals surface area (Å²) in [5.41, 5.74) is 4.44. The second-order valence-electron chi connectivity index (χ2n) is 8.79. The standard InChI is InChI=1S/C26H29N3O6/c1-3-22(24(31)28-12-13-29(23(30)14-28)16(2)25(32)33)27-26(34)35-15-21-19-10-6-4-8-17(19)18-9-5-7-11-20(18)21/h4-11,16,21-22H,3,12-15H2,1-2H3,(H,27,34)(H,32,33). The minimum absolute atomic E-state index is 0.0918. The van der Waals surface area contributed by atoms with Crippen LogP contribution in [0, 0.1) is 0 Å². The van der Waals surface area contributed by atoms with E-state index < -0.39 is 36.0 Å². The number of amides is 3. The van der Waals surface area contributed by atoms with E-state index >= 15 is 0 Å². The van der Waals surface area contributed by atoms with Crippen molar-refractivity contribution < 1.29 is 29.0 Å². The minimum atomic E-state index is -1.10. The molecule has 1 aliphatic carbocycles. The van der Waals surface area contributed by atoms with Crippen LogP contribution < -0.4 is 5.32 Å². The number of rotatable bonds is 7. The zero-order chi connectivity index (χ0) is 25.1. The molecule has 184 valence electrons. The fourth-order valence-corrected chi connectivity index (χ4v) is 4.76. The van der Waals surface area contributed by atoms with Crippen LogP contribution in [-0.4, -0.2) is 77.1 Å². The van der Waals surface area contributed by atoms with Gasteiger partial charge in [0.05, 0.1) is 6.54 Å². The Labute approximate surface area is 203 Å². The molecular weight excluding hydrogens is 450 g/mol. The summed E-state index contributed by atoms with van der Waals surface area (Å²) in [4.78, 5) is 51.8. The molecule has 35 heavy (non-hydrogen) atoms. The van der Waals surface area contributed by atoms with Crippen molar-refractivity contribution in [3.05, 3.63) is 59.7 Å². The Balaban J connectivity index is 1.35. The maximum absolute atomic E-state index is 13.0. The Morgan fingerprint density at radius 1 is 1.06 bits per heavy atom. The highest BCUT2D eigenvalue weighted by molar-refractivity contribution is 5.92. The van der Waals surface area contributed by atoms with Crippen LogP contribution in [0.2, 0.25) is 0 Å². The van der Waals surface area contributed by atoms with E-state index in [4.69, 9.17) is 9.84 Å². The maximum Gasteiger partial charge on any atom is 0.407 e. The molecule has 0 bridgehead atoms. The molecule has 2 aromatic carbocycles. The summed E-state index contributed by atoms with van der Waals surface area (Å²) in [6, 6.07) is 14.2. The van der Waals surface area contributed by atoms with E-state index in [1.807, 2.05) is 36.4 Å². The van der Waals surface area contributed by atoms with Gasteiger partial charge in [-0.2, -0.15) is 0 Å². The largest absolute Gasteiger partial charge is 0.480 e. The molecule has 2 aromatic rings. The zero-order valence-corrected chi connectivity index (χ0v) is 19.8. The fraction of sp³-hybridized carbons (Fsp3) is 0.385. The van der Waals surface area contributed by atoms with Crippen molar-refractivity contribution in [1.29, 1.82) is 0 Å². The molecule has 3 amide bonds. The number of nitrogens with one attached hydrogen (secondary N) is 1. The second-order valence-corrected chi connectivity index (χ2v) is 8.79. The molecule has 2 unspecified atom stereocenters. The lowest BCUT2D eigenvalue weighted by Gasteiger charge is -2.37. The highest BCUT2D eigenvalue weighted by Gasteiger charge is 2.35. The number of carboxylic acid groups (broad SMARTS) is 1. The summed E-state index contributed by atoms with van der Waals surface area (Å²) in [6.45, 7) is 3.43. The van der Waals surface area contributed by atoms with E-state index in [-0.39, 0.29) is 32.2 Å². The number of aliphatic carboxylic acids is 1. The normalized spacial score (nSPS) is 16.8. The minimum Gasteiger partial charge on any atom is -0.480 e. The van der Waals surface area contributed by atoms with Gasteiger partial charge in [0.2, 0.25) is 11.8 Å². The molecule has 1 saturated heterocycles. The van der Waals surface area contributed by atoms with Crippen molar-refractivity contribution in [1.82, 2.24) is 15.1 Å². The topological polar surface area (TPSA) is 116 Å². The molecule has 0 radical (unpaired) electrons. The van der Waals surface area contributed by atoms with Gasteiger partial charge in [0, 0.05) is 19.0 Å². The molecule has 2 N–H and O–H groups in total. The van der Waals surface area contributed by atoms with E-state index in [9.17, 15) is 19.2 Å². The highest BCUT2D eigenvalue weighted by Crippen LogP contribution is 2.44. The number of carbonyl (C=O) groups excluding carboxylic acids is 3. The van der Waals surface area contributed by atoms with E-state index in [1.54, 1.807) is 6.92 Å². The number of carboxylic acids is 1. The van der Waals surface area contributed by atoms with Gasteiger partial charge < -0.3 is 25.0 Å². The number of hydrogen-bond acceptors (Lipinski definition) is 5. The van der Waals surface area contributed by atoms with Crippen molar-refractivity contribution in [2.75, 3.05) is 26.2 Å². The van der Waals surface area contributed by atoms with Gasteiger partial charge in [-0.1, -0.05) is 55.5 Å². The average molecular weight is 480 g/mol. The number of benzene rings is 2. The van der Waals surface area contributed by atoms with Gasteiger partial charge in [-0.25, -0.2) is 9.59 Å². The predicted octanol–water partition coefficient (Wildman–Crippen LogP) is 2.45. The van der Waals surface area contributed by atoms with Crippen molar-refractivity contribution in [3.8, 4) is 11.1 Å². The Kier molecular flexibility index (Phi) is 7.04.